The molecule has 8 nitrogen and oxygen atoms in total. The summed E-state index contributed by atoms with van der Waals surface area (Å²) in [5.41, 5.74) is 0.541. The van der Waals surface area contributed by atoms with Crippen molar-refractivity contribution < 1.29 is 14.5 Å². The van der Waals surface area contributed by atoms with Crippen molar-refractivity contribution >= 4 is 28.6 Å². The molecular formula is C12H17ClN4O4. The smallest absolute Gasteiger partial charge is 0.358 e. The number of nitrogens with one attached hydrogen (secondary N) is 1. The molecule has 0 aliphatic carbocycles. The van der Waals surface area contributed by atoms with Gasteiger partial charge in [-0.05, 0) is 36.3 Å². The van der Waals surface area contributed by atoms with Crippen molar-refractivity contribution in [1.29, 1.82) is 0 Å². The monoisotopic (exact) mass is 316 g/mol. The molecule has 1 heterocycles. The lowest BCUT2D eigenvalue weighted by Gasteiger charge is -2.13. The van der Waals surface area contributed by atoms with Crippen molar-refractivity contribution in [1.82, 2.24) is 15.1 Å². The Hall–Kier alpha value is -1.96. The molecule has 1 N–H and O–H groups in total. The van der Waals surface area contributed by atoms with Gasteiger partial charge < -0.3 is 15.4 Å². The fourth-order valence-corrected chi connectivity index (χ4v) is 2.04. The van der Waals surface area contributed by atoms with E-state index < -0.39 is 16.2 Å². The van der Waals surface area contributed by atoms with Crippen LogP contribution in [0.4, 0.5) is 5.82 Å². The Balaban J connectivity index is 2.71. The fourth-order valence-electron chi connectivity index (χ4n) is 1.90. The number of nitrogens with zero attached hydrogens (tertiary/aromatic N) is 3. The summed E-state index contributed by atoms with van der Waals surface area (Å²) in [5, 5.41) is 16.8. The zero-order valence-electron chi connectivity index (χ0n) is 11.8. The van der Waals surface area contributed by atoms with Crippen molar-refractivity contribution in [3.05, 3.63) is 21.9 Å². The molecule has 21 heavy (non-hydrogen) atoms. The minimum Gasteiger partial charge on any atom is -0.358 e. The van der Waals surface area contributed by atoms with Gasteiger partial charge in [-0.25, -0.2) is 0 Å². The molecule has 0 saturated heterocycles. The van der Waals surface area contributed by atoms with Gasteiger partial charge in [0.2, 0.25) is 11.1 Å². The molecule has 0 aliphatic rings. The van der Waals surface area contributed by atoms with Crippen molar-refractivity contribution in [3.8, 4) is 0 Å². The number of carbonyl (C=O) groups excluding carboxylic acids is 2. The van der Waals surface area contributed by atoms with E-state index in [4.69, 9.17) is 11.6 Å². The van der Waals surface area contributed by atoms with Gasteiger partial charge in [-0.15, -0.1) is 0 Å². The first kappa shape index (κ1) is 17.1. The lowest BCUT2D eigenvalue weighted by molar-refractivity contribution is -0.389. The number of halogens is 1. The molecule has 116 valence electrons. The van der Waals surface area contributed by atoms with Crippen LogP contribution in [0.3, 0.4) is 0 Å². The third-order valence-electron chi connectivity index (χ3n) is 2.93. The van der Waals surface area contributed by atoms with Crippen LogP contribution in [0, 0.1) is 17.0 Å². The average molecular weight is 317 g/mol. The number of aromatic nitrogens is 2. The first-order valence-electron chi connectivity index (χ1n) is 6.53. The third kappa shape index (κ3) is 4.82. The van der Waals surface area contributed by atoms with Gasteiger partial charge in [-0.1, -0.05) is 6.92 Å². The molecule has 0 aliphatic heterocycles. The van der Waals surface area contributed by atoms with Crippen molar-refractivity contribution in [2.24, 2.45) is 0 Å². The molecule has 1 unspecified atom stereocenters. The maximum atomic E-state index is 12.1. The van der Waals surface area contributed by atoms with Crippen LogP contribution >= 0.6 is 11.6 Å². The first-order chi connectivity index (χ1) is 9.86. The number of hydrogen-bond donors (Lipinski definition) is 1. The van der Waals surface area contributed by atoms with Crippen LogP contribution in [-0.4, -0.2) is 32.4 Å². The van der Waals surface area contributed by atoms with Gasteiger partial charge in [0.05, 0.1) is 16.9 Å². The van der Waals surface area contributed by atoms with E-state index in [1.54, 1.807) is 13.8 Å². The molecule has 1 rings (SSSR count). The summed E-state index contributed by atoms with van der Waals surface area (Å²) >= 11 is 5.20. The maximum absolute atomic E-state index is 12.1. The predicted octanol–water partition coefficient (Wildman–Crippen LogP) is 1.71. The predicted molar refractivity (Wildman–Crippen MR) is 76.1 cm³/mol. The summed E-state index contributed by atoms with van der Waals surface area (Å²) in [7, 11) is 0. The minimum absolute atomic E-state index is 0.185. The lowest BCUT2D eigenvalue weighted by atomic mass is 10.2. The van der Waals surface area contributed by atoms with Gasteiger partial charge in [0.15, 0.2) is 6.04 Å². The van der Waals surface area contributed by atoms with Crippen LogP contribution in [0.2, 0.25) is 0 Å². The summed E-state index contributed by atoms with van der Waals surface area (Å²) in [6.07, 6.45) is 1.08. The van der Waals surface area contributed by atoms with Crippen molar-refractivity contribution in [2.75, 3.05) is 6.54 Å². The molecule has 1 aromatic heterocycles. The van der Waals surface area contributed by atoms with Gasteiger partial charge in [0.25, 0.3) is 0 Å². The Kier molecular flexibility index (Phi) is 6.29. The Labute approximate surface area is 126 Å². The largest absolute Gasteiger partial charge is 0.390 e. The standard InChI is InChI=1S/C12H17ClN4O4/c1-3-9(12(19)14-6-4-5-10(13)18)16-8(2)7-11(15-16)17(20)21/h7,9H,3-6H2,1-2H3,(H,14,19). The van der Waals surface area contributed by atoms with Crippen LogP contribution in [-0.2, 0) is 9.59 Å². The summed E-state index contributed by atoms with van der Waals surface area (Å²) in [6, 6.07) is 0.702. The molecule has 1 aromatic rings. The number of aryl methyl sites for hydroxylation is 1. The number of hydrogen-bond acceptors (Lipinski definition) is 5. The van der Waals surface area contributed by atoms with Crippen LogP contribution in [0.1, 0.15) is 37.9 Å². The van der Waals surface area contributed by atoms with Gasteiger partial charge in [0.1, 0.15) is 0 Å². The van der Waals surface area contributed by atoms with E-state index in [9.17, 15) is 19.7 Å². The topological polar surface area (TPSA) is 107 Å². The van der Waals surface area contributed by atoms with Crippen LogP contribution in [0.15, 0.2) is 6.07 Å². The van der Waals surface area contributed by atoms with Crippen LogP contribution in [0.25, 0.3) is 0 Å². The van der Waals surface area contributed by atoms with E-state index in [0.717, 1.165) is 0 Å². The zero-order valence-corrected chi connectivity index (χ0v) is 12.6. The molecule has 0 bridgehead atoms. The Morgan fingerprint density at radius 3 is 2.71 bits per heavy atom. The van der Waals surface area contributed by atoms with Crippen LogP contribution < -0.4 is 5.32 Å². The first-order valence-corrected chi connectivity index (χ1v) is 6.91. The molecule has 9 heteroatoms. The van der Waals surface area contributed by atoms with E-state index in [1.165, 1.54) is 10.7 Å². The average Bonchev–Trinajstić information content (AvgIpc) is 2.78. The molecular weight excluding hydrogens is 300 g/mol. The highest BCUT2D eigenvalue weighted by Crippen LogP contribution is 2.18. The number of amides is 1. The molecule has 0 fully saturated rings. The summed E-state index contributed by atoms with van der Waals surface area (Å²) < 4.78 is 1.35. The highest BCUT2D eigenvalue weighted by atomic mass is 35.5. The molecule has 0 spiro atoms. The zero-order chi connectivity index (χ0) is 16.0. The van der Waals surface area contributed by atoms with Gasteiger partial charge in [-0.2, -0.15) is 4.68 Å². The second kappa shape index (κ2) is 7.72. The molecule has 1 atom stereocenters. The van der Waals surface area contributed by atoms with Crippen LogP contribution in [0.5, 0.6) is 0 Å². The third-order valence-corrected chi connectivity index (χ3v) is 3.12. The summed E-state index contributed by atoms with van der Waals surface area (Å²) in [5.74, 6) is -0.577. The molecule has 0 radical (unpaired) electrons. The van der Waals surface area contributed by atoms with E-state index in [1.807, 2.05) is 0 Å². The van der Waals surface area contributed by atoms with E-state index in [0.29, 0.717) is 25.1 Å². The summed E-state index contributed by atoms with van der Waals surface area (Å²) in [4.78, 5) is 32.8. The Bertz CT molecular complexity index is 543. The second-order valence-corrected chi connectivity index (χ2v) is 4.94. The van der Waals surface area contributed by atoms with E-state index >= 15 is 0 Å². The Morgan fingerprint density at radius 1 is 1.57 bits per heavy atom. The van der Waals surface area contributed by atoms with E-state index in [-0.39, 0.29) is 18.1 Å². The van der Waals surface area contributed by atoms with Gasteiger partial charge >= 0.3 is 5.82 Å². The Morgan fingerprint density at radius 2 is 2.24 bits per heavy atom. The lowest BCUT2D eigenvalue weighted by Crippen LogP contribution is -2.34. The van der Waals surface area contributed by atoms with E-state index in [2.05, 4.69) is 10.4 Å². The van der Waals surface area contributed by atoms with Crippen molar-refractivity contribution in [3.63, 3.8) is 0 Å². The molecule has 0 aromatic carbocycles. The number of nitro groups is 1. The van der Waals surface area contributed by atoms with Gasteiger partial charge in [0, 0.05) is 13.0 Å². The molecule has 1 amide bonds. The number of carbonyl (C=O) groups is 2. The highest BCUT2D eigenvalue weighted by Gasteiger charge is 2.26. The normalized spacial score (nSPS) is 12.0. The van der Waals surface area contributed by atoms with Crippen molar-refractivity contribution in [2.45, 2.75) is 39.2 Å². The fraction of sp³-hybridized carbons (Fsp3) is 0.583. The SMILES string of the molecule is CCC(C(=O)NCCCC(=O)Cl)n1nc([N+](=O)[O-])cc1C. The van der Waals surface area contributed by atoms with Gasteiger partial charge in [-0.3, -0.25) is 9.59 Å². The second-order valence-electron chi connectivity index (χ2n) is 4.52. The molecule has 0 saturated carbocycles. The minimum atomic E-state index is -0.620. The summed E-state index contributed by atoms with van der Waals surface area (Å²) in [6.45, 7) is 3.76. The quantitative estimate of drug-likeness (QED) is 0.340. The number of rotatable bonds is 8. The highest BCUT2D eigenvalue weighted by molar-refractivity contribution is 6.63. The maximum Gasteiger partial charge on any atom is 0.390 e.